The summed E-state index contributed by atoms with van der Waals surface area (Å²) < 4.78 is 5.76. The SMILES string of the molecule is CC(=O)O[C@]1(C(C)=O)CCC2C3C=C(Cl)C4=CC(=O)CCC4C3CCC21C. The van der Waals surface area contributed by atoms with Gasteiger partial charge in [0.2, 0.25) is 0 Å². The Morgan fingerprint density at radius 3 is 2.59 bits per heavy atom. The molecule has 0 aromatic heterocycles. The van der Waals surface area contributed by atoms with Gasteiger partial charge < -0.3 is 4.74 Å². The molecule has 27 heavy (non-hydrogen) atoms. The van der Waals surface area contributed by atoms with Crippen molar-refractivity contribution in [2.75, 3.05) is 0 Å². The highest BCUT2D eigenvalue weighted by Gasteiger charge is 2.66. The van der Waals surface area contributed by atoms with E-state index in [1.165, 1.54) is 6.92 Å². The maximum atomic E-state index is 12.7. The van der Waals surface area contributed by atoms with Gasteiger partial charge in [0.15, 0.2) is 17.2 Å². The van der Waals surface area contributed by atoms with Crippen LogP contribution in [0.15, 0.2) is 22.8 Å². The Labute approximate surface area is 165 Å². The minimum absolute atomic E-state index is 0.0455. The van der Waals surface area contributed by atoms with Crippen molar-refractivity contribution in [1.29, 1.82) is 0 Å². The number of ketones is 2. The monoisotopic (exact) mass is 390 g/mol. The van der Waals surface area contributed by atoms with Crippen molar-refractivity contribution >= 4 is 29.1 Å². The van der Waals surface area contributed by atoms with Gasteiger partial charge in [-0.05, 0) is 74.3 Å². The standard InChI is InChI=1S/C22H27ClO4/c1-12(24)22(27-13(2)25)9-7-19-17-11-20(23)18-10-14(26)4-5-15(18)16(17)6-8-21(19,22)3/h10-11,15-17,19H,4-9H2,1-3H3/t15?,16?,17?,19?,21?,22-/m0/s1. The number of ether oxygens (including phenoxy) is 1. The highest BCUT2D eigenvalue weighted by atomic mass is 35.5. The van der Waals surface area contributed by atoms with Crippen LogP contribution in [0.2, 0.25) is 0 Å². The molecule has 4 nitrogen and oxygen atoms in total. The summed E-state index contributed by atoms with van der Waals surface area (Å²) in [4.78, 5) is 36.4. The van der Waals surface area contributed by atoms with Crippen LogP contribution in [-0.4, -0.2) is 23.1 Å². The van der Waals surface area contributed by atoms with E-state index in [2.05, 4.69) is 13.0 Å². The van der Waals surface area contributed by atoms with Crippen molar-refractivity contribution in [3.8, 4) is 0 Å². The number of allylic oxidation sites excluding steroid dienone is 4. The largest absolute Gasteiger partial charge is 0.451 e. The Bertz CT molecular complexity index is 781. The second-order valence-electron chi connectivity index (χ2n) is 9.05. The highest BCUT2D eigenvalue weighted by molar-refractivity contribution is 6.32. The molecule has 146 valence electrons. The fourth-order valence-corrected chi connectivity index (χ4v) is 7.10. The number of Topliss-reactive ketones (excluding diaryl/α,β-unsaturated/α-hetero) is 1. The molecule has 0 saturated heterocycles. The number of halogens is 1. The molecule has 6 atom stereocenters. The van der Waals surface area contributed by atoms with Crippen molar-refractivity contribution in [3.05, 3.63) is 22.8 Å². The number of carbonyl (C=O) groups excluding carboxylic acids is 3. The molecule has 5 heteroatoms. The van der Waals surface area contributed by atoms with E-state index in [0.717, 1.165) is 31.3 Å². The summed E-state index contributed by atoms with van der Waals surface area (Å²) in [5, 5.41) is 0.700. The van der Waals surface area contributed by atoms with Crippen molar-refractivity contribution in [2.45, 2.75) is 64.9 Å². The summed E-state index contributed by atoms with van der Waals surface area (Å²) in [5.41, 5.74) is -0.382. The van der Waals surface area contributed by atoms with Crippen molar-refractivity contribution in [2.24, 2.45) is 29.1 Å². The van der Waals surface area contributed by atoms with Crippen molar-refractivity contribution < 1.29 is 19.1 Å². The molecule has 0 aromatic carbocycles. The fraction of sp³-hybridized carbons (Fsp3) is 0.682. The van der Waals surface area contributed by atoms with Crippen LogP contribution in [0.5, 0.6) is 0 Å². The van der Waals surface area contributed by atoms with Gasteiger partial charge in [-0.3, -0.25) is 14.4 Å². The maximum Gasteiger partial charge on any atom is 0.303 e. The summed E-state index contributed by atoms with van der Waals surface area (Å²) in [5.74, 6) is 1.04. The summed E-state index contributed by atoms with van der Waals surface area (Å²) in [6, 6.07) is 0. The Morgan fingerprint density at radius 1 is 1.19 bits per heavy atom. The van der Waals surface area contributed by atoms with Crippen LogP contribution >= 0.6 is 11.6 Å². The first-order chi connectivity index (χ1) is 12.7. The zero-order valence-electron chi connectivity index (χ0n) is 16.2. The fourth-order valence-electron chi connectivity index (χ4n) is 6.76. The minimum Gasteiger partial charge on any atom is -0.451 e. The molecule has 4 rings (SSSR count). The lowest BCUT2D eigenvalue weighted by Crippen LogP contribution is -2.57. The van der Waals surface area contributed by atoms with Gasteiger partial charge in [-0.15, -0.1) is 0 Å². The van der Waals surface area contributed by atoms with Crippen LogP contribution < -0.4 is 0 Å². The third kappa shape index (κ3) is 2.59. The van der Waals surface area contributed by atoms with E-state index in [4.69, 9.17) is 16.3 Å². The first-order valence-electron chi connectivity index (χ1n) is 10.0. The number of hydrogen-bond donors (Lipinski definition) is 0. The van der Waals surface area contributed by atoms with Gasteiger partial charge in [-0.25, -0.2) is 0 Å². The number of fused-ring (bicyclic) bond motifs is 5. The molecule has 4 aliphatic rings. The normalized spacial score (nSPS) is 43.0. The zero-order chi connectivity index (χ0) is 19.6. The van der Waals surface area contributed by atoms with Gasteiger partial charge in [0.25, 0.3) is 0 Å². The molecule has 0 radical (unpaired) electrons. The molecule has 2 saturated carbocycles. The topological polar surface area (TPSA) is 60.4 Å². The lowest BCUT2D eigenvalue weighted by molar-refractivity contribution is -0.184. The Balaban J connectivity index is 1.75. The van der Waals surface area contributed by atoms with Crippen LogP contribution in [0.1, 0.15) is 59.3 Å². The van der Waals surface area contributed by atoms with Gasteiger partial charge in [0, 0.05) is 23.8 Å². The number of carbonyl (C=O) groups is 3. The van der Waals surface area contributed by atoms with E-state index in [1.54, 1.807) is 13.0 Å². The van der Waals surface area contributed by atoms with E-state index in [-0.39, 0.29) is 34.8 Å². The first-order valence-corrected chi connectivity index (χ1v) is 10.4. The van der Waals surface area contributed by atoms with Gasteiger partial charge in [-0.1, -0.05) is 24.6 Å². The lowest BCUT2D eigenvalue weighted by atomic mass is 9.51. The summed E-state index contributed by atoms with van der Waals surface area (Å²) >= 11 is 6.62. The summed E-state index contributed by atoms with van der Waals surface area (Å²) in [6.45, 7) is 5.07. The maximum absolute atomic E-state index is 12.7. The van der Waals surface area contributed by atoms with Crippen molar-refractivity contribution in [3.63, 3.8) is 0 Å². The third-order valence-corrected chi connectivity index (χ3v) is 8.28. The molecular formula is C22H27ClO4. The summed E-state index contributed by atoms with van der Waals surface area (Å²) in [7, 11) is 0. The molecule has 0 spiro atoms. The average Bonchev–Trinajstić information content (AvgIpc) is 2.89. The Morgan fingerprint density at radius 2 is 1.93 bits per heavy atom. The molecule has 0 heterocycles. The van der Waals surface area contributed by atoms with Gasteiger partial charge in [0.1, 0.15) is 0 Å². The number of rotatable bonds is 2. The minimum atomic E-state index is -1.02. The predicted molar refractivity (Wildman–Crippen MR) is 102 cm³/mol. The average molecular weight is 391 g/mol. The van der Waals surface area contributed by atoms with Crippen LogP contribution in [0.3, 0.4) is 0 Å². The first kappa shape index (κ1) is 18.9. The van der Waals surface area contributed by atoms with E-state index in [0.29, 0.717) is 29.7 Å². The molecule has 0 aromatic rings. The van der Waals surface area contributed by atoms with Gasteiger partial charge in [0.05, 0.1) is 0 Å². The van der Waals surface area contributed by atoms with E-state index in [1.807, 2.05) is 0 Å². The Hall–Kier alpha value is -1.42. The zero-order valence-corrected chi connectivity index (χ0v) is 17.0. The van der Waals surface area contributed by atoms with Crippen LogP contribution in [0.25, 0.3) is 0 Å². The number of hydrogen-bond acceptors (Lipinski definition) is 4. The number of esters is 1. The molecule has 2 fully saturated rings. The quantitative estimate of drug-likeness (QED) is 0.657. The smallest absolute Gasteiger partial charge is 0.303 e. The molecule has 5 unspecified atom stereocenters. The molecule has 0 amide bonds. The van der Waals surface area contributed by atoms with Crippen LogP contribution in [-0.2, 0) is 19.1 Å². The van der Waals surface area contributed by atoms with Crippen LogP contribution in [0, 0.1) is 29.1 Å². The second kappa shape index (κ2) is 6.30. The molecular weight excluding hydrogens is 364 g/mol. The second-order valence-corrected chi connectivity index (χ2v) is 9.45. The molecule has 0 bridgehead atoms. The molecule has 4 aliphatic carbocycles. The predicted octanol–water partition coefficient (Wildman–Crippen LogP) is 4.36. The van der Waals surface area contributed by atoms with Gasteiger partial charge in [-0.2, -0.15) is 0 Å². The Kier molecular flexibility index (Phi) is 4.41. The molecule has 0 N–H and O–H groups in total. The summed E-state index contributed by atoms with van der Waals surface area (Å²) in [6.07, 6.45) is 8.58. The van der Waals surface area contributed by atoms with E-state index >= 15 is 0 Å². The molecule has 0 aliphatic heterocycles. The van der Waals surface area contributed by atoms with E-state index < -0.39 is 5.60 Å². The third-order valence-electron chi connectivity index (χ3n) is 7.94. The van der Waals surface area contributed by atoms with Crippen LogP contribution in [0.4, 0.5) is 0 Å². The van der Waals surface area contributed by atoms with E-state index in [9.17, 15) is 14.4 Å². The highest BCUT2D eigenvalue weighted by Crippen LogP contribution is 2.65. The van der Waals surface area contributed by atoms with Crippen molar-refractivity contribution in [1.82, 2.24) is 0 Å². The lowest BCUT2D eigenvalue weighted by Gasteiger charge is -2.54. The van der Waals surface area contributed by atoms with Gasteiger partial charge >= 0.3 is 5.97 Å².